The van der Waals surface area contributed by atoms with Crippen LogP contribution < -0.4 is 5.32 Å². The van der Waals surface area contributed by atoms with Crippen LogP contribution in [0.25, 0.3) is 0 Å². The van der Waals surface area contributed by atoms with Gasteiger partial charge >= 0.3 is 11.8 Å². The van der Waals surface area contributed by atoms with Gasteiger partial charge in [-0.05, 0) is 39.0 Å². The van der Waals surface area contributed by atoms with Crippen LogP contribution in [0.3, 0.4) is 0 Å². The molecule has 2 aliphatic rings. The van der Waals surface area contributed by atoms with Crippen molar-refractivity contribution < 1.29 is 14.4 Å². The minimum absolute atomic E-state index is 0.152. The van der Waals surface area contributed by atoms with Gasteiger partial charge in [0.2, 0.25) is 5.91 Å². The van der Waals surface area contributed by atoms with Crippen LogP contribution in [0.5, 0.6) is 0 Å². The van der Waals surface area contributed by atoms with E-state index in [-0.39, 0.29) is 11.9 Å². The number of carbonyl (C=O) groups is 3. The van der Waals surface area contributed by atoms with E-state index in [0.29, 0.717) is 32.5 Å². The highest BCUT2D eigenvalue weighted by molar-refractivity contribution is 6.35. The van der Waals surface area contributed by atoms with E-state index in [9.17, 15) is 14.4 Å². The molecule has 21 heavy (non-hydrogen) atoms. The van der Waals surface area contributed by atoms with Crippen LogP contribution in [0.1, 0.15) is 45.4 Å². The zero-order valence-electron chi connectivity index (χ0n) is 12.8. The van der Waals surface area contributed by atoms with Gasteiger partial charge in [-0.15, -0.1) is 0 Å². The molecule has 1 atom stereocenters. The summed E-state index contributed by atoms with van der Waals surface area (Å²) in [7, 11) is 0. The zero-order chi connectivity index (χ0) is 15.2. The van der Waals surface area contributed by atoms with Gasteiger partial charge in [-0.1, -0.05) is 0 Å². The van der Waals surface area contributed by atoms with Gasteiger partial charge in [-0.3, -0.25) is 14.4 Å². The van der Waals surface area contributed by atoms with Gasteiger partial charge in [0.05, 0.1) is 0 Å². The summed E-state index contributed by atoms with van der Waals surface area (Å²) in [5, 5.41) is 2.67. The van der Waals surface area contributed by atoms with Crippen molar-refractivity contribution in [1.82, 2.24) is 15.1 Å². The average molecular weight is 295 g/mol. The summed E-state index contributed by atoms with van der Waals surface area (Å²) >= 11 is 0. The highest BCUT2D eigenvalue weighted by atomic mass is 16.2. The summed E-state index contributed by atoms with van der Waals surface area (Å²) in [5.41, 5.74) is 0. The maximum absolute atomic E-state index is 12.1. The lowest BCUT2D eigenvalue weighted by Crippen LogP contribution is -2.49. The SMILES string of the molecule is CC1CCCCN1C(=O)C(=O)NCCCN1CCCC1=O. The van der Waals surface area contributed by atoms with Gasteiger partial charge in [0.15, 0.2) is 0 Å². The number of likely N-dealkylation sites (tertiary alicyclic amines) is 2. The van der Waals surface area contributed by atoms with Crippen molar-refractivity contribution >= 4 is 17.7 Å². The van der Waals surface area contributed by atoms with Gasteiger partial charge in [-0.2, -0.15) is 0 Å². The molecule has 1 unspecified atom stereocenters. The van der Waals surface area contributed by atoms with Gasteiger partial charge < -0.3 is 15.1 Å². The first-order valence-electron chi connectivity index (χ1n) is 7.96. The smallest absolute Gasteiger partial charge is 0.312 e. The van der Waals surface area contributed by atoms with Crippen LogP contribution in [-0.2, 0) is 14.4 Å². The highest BCUT2D eigenvalue weighted by Crippen LogP contribution is 2.16. The summed E-state index contributed by atoms with van der Waals surface area (Å²) in [6.07, 6.45) is 5.32. The fraction of sp³-hybridized carbons (Fsp3) is 0.800. The second-order valence-electron chi connectivity index (χ2n) is 5.94. The van der Waals surface area contributed by atoms with Crippen LogP contribution in [0.15, 0.2) is 0 Å². The number of carbonyl (C=O) groups excluding carboxylic acids is 3. The Morgan fingerprint density at radius 2 is 2.05 bits per heavy atom. The molecule has 6 heteroatoms. The van der Waals surface area contributed by atoms with Crippen molar-refractivity contribution in [3.8, 4) is 0 Å². The molecular weight excluding hydrogens is 270 g/mol. The maximum atomic E-state index is 12.1. The summed E-state index contributed by atoms with van der Waals surface area (Å²) in [5.74, 6) is -0.740. The van der Waals surface area contributed by atoms with E-state index in [4.69, 9.17) is 0 Å². The predicted octanol–water partition coefficient (Wildman–Crippen LogP) is 0.516. The number of amides is 3. The van der Waals surface area contributed by atoms with Crippen molar-refractivity contribution in [3.05, 3.63) is 0 Å². The third-order valence-electron chi connectivity index (χ3n) is 4.32. The van der Waals surface area contributed by atoms with Gasteiger partial charge in [0.1, 0.15) is 0 Å². The fourth-order valence-electron chi connectivity index (χ4n) is 3.02. The molecule has 118 valence electrons. The van der Waals surface area contributed by atoms with E-state index in [1.807, 2.05) is 11.8 Å². The Morgan fingerprint density at radius 1 is 1.24 bits per heavy atom. The molecule has 0 aromatic rings. The molecule has 0 radical (unpaired) electrons. The third kappa shape index (κ3) is 4.19. The predicted molar refractivity (Wildman–Crippen MR) is 78.5 cm³/mol. The molecule has 0 spiro atoms. The molecule has 0 saturated carbocycles. The first-order valence-corrected chi connectivity index (χ1v) is 7.96. The quantitative estimate of drug-likeness (QED) is 0.607. The third-order valence-corrected chi connectivity index (χ3v) is 4.32. The van der Waals surface area contributed by atoms with Crippen LogP contribution >= 0.6 is 0 Å². The first kappa shape index (κ1) is 15.8. The first-order chi connectivity index (χ1) is 10.1. The van der Waals surface area contributed by atoms with Crippen LogP contribution in [0, 0.1) is 0 Å². The lowest BCUT2D eigenvalue weighted by atomic mass is 10.0. The Kier molecular flexibility index (Phi) is 5.59. The van der Waals surface area contributed by atoms with Crippen molar-refractivity contribution in [3.63, 3.8) is 0 Å². The maximum Gasteiger partial charge on any atom is 0.312 e. The summed E-state index contributed by atoms with van der Waals surface area (Å²) in [6, 6.07) is 0.152. The van der Waals surface area contributed by atoms with Crippen molar-refractivity contribution in [2.75, 3.05) is 26.2 Å². The number of hydrogen-bond donors (Lipinski definition) is 1. The minimum atomic E-state index is -0.517. The minimum Gasteiger partial charge on any atom is -0.348 e. The van der Waals surface area contributed by atoms with E-state index < -0.39 is 11.8 Å². The molecule has 6 nitrogen and oxygen atoms in total. The second kappa shape index (κ2) is 7.43. The van der Waals surface area contributed by atoms with Crippen LogP contribution in [-0.4, -0.2) is 59.7 Å². The van der Waals surface area contributed by atoms with E-state index in [1.165, 1.54) is 0 Å². The molecule has 2 fully saturated rings. The van der Waals surface area contributed by atoms with Crippen molar-refractivity contribution in [2.45, 2.75) is 51.5 Å². The number of piperidine rings is 1. The Balaban J connectivity index is 1.66. The Morgan fingerprint density at radius 3 is 2.71 bits per heavy atom. The molecule has 0 aromatic heterocycles. The lowest BCUT2D eigenvalue weighted by Gasteiger charge is -2.32. The zero-order valence-corrected chi connectivity index (χ0v) is 12.8. The summed E-state index contributed by atoms with van der Waals surface area (Å²) < 4.78 is 0. The van der Waals surface area contributed by atoms with Gasteiger partial charge in [0.25, 0.3) is 0 Å². The van der Waals surface area contributed by atoms with E-state index >= 15 is 0 Å². The molecule has 2 aliphatic heterocycles. The highest BCUT2D eigenvalue weighted by Gasteiger charge is 2.27. The van der Waals surface area contributed by atoms with Crippen molar-refractivity contribution in [1.29, 1.82) is 0 Å². The van der Waals surface area contributed by atoms with E-state index in [2.05, 4.69) is 5.32 Å². The molecule has 2 heterocycles. The van der Waals surface area contributed by atoms with E-state index in [0.717, 1.165) is 32.2 Å². The molecular formula is C15H25N3O3. The summed E-state index contributed by atoms with van der Waals surface area (Å²) in [6.45, 7) is 4.58. The average Bonchev–Trinajstić information content (AvgIpc) is 2.88. The fourth-order valence-corrected chi connectivity index (χ4v) is 3.02. The van der Waals surface area contributed by atoms with Crippen LogP contribution in [0.4, 0.5) is 0 Å². The van der Waals surface area contributed by atoms with E-state index in [1.54, 1.807) is 4.90 Å². The molecule has 0 aromatic carbocycles. The number of nitrogens with zero attached hydrogens (tertiary/aromatic N) is 2. The monoisotopic (exact) mass is 295 g/mol. The second-order valence-corrected chi connectivity index (χ2v) is 5.94. The molecule has 3 amide bonds. The van der Waals surface area contributed by atoms with Crippen molar-refractivity contribution in [2.24, 2.45) is 0 Å². The van der Waals surface area contributed by atoms with Gasteiger partial charge in [-0.25, -0.2) is 0 Å². The number of rotatable bonds is 4. The normalized spacial score (nSPS) is 22.5. The summed E-state index contributed by atoms with van der Waals surface area (Å²) in [4.78, 5) is 38.8. The molecule has 2 saturated heterocycles. The molecule has 0 bridgehead atoms. The largest absolute Gasteiger partial charge is 0.348 e. The molecule has 0 aliphatic carbocycles. The molecule has 2 rings (SSSR count). The number of nitrogens with one attached hydrogen (secondary N) is 1. The standard InChI is InChI=1S/C15H25N3O3/c1-12-6-2-3-11-18(12)15(21)14(20)16-8-5-10-17-9-4-7-13(17)19/h12H,2-11H2,1H3,(H,16,20). The molecule has 1 N–H and O–H groups in total. The Hall–Kier alpha value is -1.59. The Bertz CT molecular complexity index is 411. The number of hydrogen-bond acceptors (Lipinski definition) is 3. The lowest BCUT2D eigenvalue weighted by molar-refractivity contribution is -0.148. The van der Waals surface area contributed by atoms with Gasteiger partial charge in [0, 0.05) is 38.6 Å². The Labute approximate surface area is 125 Å². The topological polar surface area (TPSA) is 69.7 Å². The van der Waals surface area contributed by atoms with Crippen LogP contribution in [0.2, 0.25) is 0 Å².